The number of aromatic nitrogens is 1. The van der Waals surface area contributed by atoms with Crippen LogP contribution in [0.15, 0.2) is 42.7 Å². The predicted molar refractivity (Wildman–Crippen MR) is 101 cm³/mol. The van der Waals surface area contributed by atoms with Crippen LogP contribution in [0.5, 0.6) is 0 Å². The minimum absolute atomic E-state index is 0.0210. The summed E-state index contributed by atoms with van der Waals surface area (Å²) >= 11 is 0. The molecule has 0 saturated heterocycles. The van der Waals surface area contributed by atoms with Gasteiger partial charge in [0.05, 0.1) is 11.1 Å². The van der Waals surface area contributed by atoms with Gasteiger partial charge in [0, 0.05) is 30.7 Å². The zero-order valence-electron chi connectivity index (χ0n) is 16.3. The largest absolute Gasteiger partial charge is 0.416 e. The number of hydrogen-bond acceptors (Lipinski definition) is 4. The van der Waals surface area contributed by atoms with Crippen LogP contribution in [-0.2, 0) is 12.4 Å². The maximum atomic E-state index is 13.5. The van der Waals surface area contributed by atoms with E-state index in [1.165, 1.54) is 19.3 Å². The third kappa shape index (κ3) is 6.33. The second-order valence-electron chi connectivity index (χ2n) is 6.91. The van der Waals surface area contributed by atoms with Gasteiger partial charge in [0.25, 0.3) is 0 Å². The Morgan fingerprint density at radius 3 is 2.17 bits per heavy atom. The third-order valence-corrected chi connectivity index (χ3v) is 4.81. The zero-order chi connectivity index (χ0) is 22.5. The van der Waals surface area contributed by atoms with Gasteiger partial charge in [0.1, 0.15) is 6.23 Å². The van der Waals surface area contributed by atoms with Crippen molar-refractivity contribution in [2.75, 3.05) is 11.9 Å². The molecule has 1 aromatic carbocycles. The van der Waals surface area contributed by atoms with Crippen molar-refractivity contribution in [3.05, 3.63) is 59.4 Å². The normalized spacial score (nSPS) is 15.5. The van der Waals surface area contributed by atoms with Crippen LogP contribution in [-0.4, -0.2) is 28.9 Å². The second-order valence-corrected chi connectivity index (χ2v) is 6.91. The zero-order valence-corrected chi connectivity index (χ0v) is 16.3. The molecule has 1 aromatic heterocycles. The lowest BCUT2D eigenvalue weighted by molar-refractivity contribution is -0.143. The van der Waals surface area contributed by atoms with Crippen molar-refractivity contribution < 1.29 is 31.4 Å². The quantitative estimate of drug-likeness (QED) is 0.403. The minimum Gasteiger partial charge on any atom is -0.372 e. The van der Waals surface area contributed by atoms with Gasteiger partial charge in [0.2, 0.25) is 0 Å². The van der Waals surface area contributed by atoms with Crippen LogP contribution in [0.25, 0.3) is 0 Å². The molecule has 0 bridgehead atoms. The molecule has 3 N–H and O–H groups in total. The van der Waals surface area contributed by atoms with Gasteiger partial charge in [-0.1, -0.05) is 19.9 Å². The van der Waals surface area contributed by atoms with E-state index < -0.39 is 41.7 Å². The third-order valence-electron chi connectivity index (χ3n) is 4.81. The molecule has 0 aliphatic carbocycles. The molecule has 0 amide bonds. The molecular weight excluding hydrogens is 412 g/mol. The summed E-state index contributed by atoms with van der Waals surface area (Å²) in [5.74, 6) is -0.748. The van der Waals surface area contributed by atoms with Crippen LogP contribution in [0.4, 0.5) is 32.0 Å². The first-order valence-electron chi connectivity index (χ1n) is 9.29. The molecule has 0 saturated carbocycles. The number of hydrogen-bond donors (Lipinski definition) is 3. The maximum absolute atomic E-state index is 13.5. The topological polar surface area (TPSA) is 57.2 Å². The molecule has 4 nitrogen and oxygen atoms in total. The van der Waals surface area contributed by atoms with Gasteiger partial charge >= 0.3 is 12.4 Å². The number of nitrogens with one attached hydrogen (secondary N) is 2. The first kappa shape index (κ1) is 23.9. The number of rotatable bonds is 8. The van der Waals surface area contributed by atoms with Crippen LogP contribution in [0, 0.1) is 0 Å². The maximum Gasteiger partial charge on any atom is 0.416 e. The molecular formula is C20H23F6N3O. The lowest BCUT2D eigenvalue weighted by Gasteiger charge is -2.28. The highest BCUT2D eigenvalue weighted by atomic mass is 19.4. The Labute approximate surface area is 170 Å². The van der Waals surface area contributed by atoms with E-state index in [0.717, 1.165) is 6.07 Å². The van der Waals surface area contributed by atoms with E-state index in [1.54, 1.807) is 19.1 Å². The smallest absolute Gasteiger partial charge is 0.372 e. The molecule has 0 fully saturated rings. The average Bonchev–Trinajstić information content (AvgIpc) is 2.67. The van der Waals surface area contributed by atoms with E-state index in [-0.39, 0.29) is 18.2 Å². The van der Waals surface area contributed by atoms with Gasteiger partial charge in [-0.2, -0.15) is 26.3 Å². The Bertz CT molecular complexity index is 810. The van der Waals surface area contributed by atoms with E-state index in [1.807, 2.05) is 0 Å². The summed E-state index contributed by atoms with van der Waals surface area (Å²) in [5, 5.41) is 15.9. The summed E-state index contributed by atoms with van der Waals surface area (Å²) in [6.07, 6.45) is -7.35. The lowest BCUT2D eigenvalue weighted by atomic mass is 9.87. The number of aliphatic hydroxyl groups excluding tert-OH is 1. The molecule has 2 aromatic rings. The van der Waals surface area contributed by atoms with Crippen LogP contribution in [0.3, 0.4) is 0 Å². The van der Waals surface area contributed by atoms with Crippen molar-refractivity contribution in [3.8, 4) is 0 Å². The lowest BCUT2D eigenvalue weighted by Crippen LogP contribution is -2.41. The van der Waals surface area contributed by atoms with Crippen molar-refractivity contribution >= 4 is 5.69 Å². The van der Waals surface area contributed by atoms with Crippen LogP contribution >= 0.6 is 0 Å². The van der Waals surface area contributed by atoms with Crippen molar-refractivity contribution in [3.63, 3.8) is 0 Å². The molecule has 2 rings (SSSR count). The van der Waals surface area contributed by atoms with E-state index in [4.69, 9.17) is 0 Å². The molecule has 166 valence electrons. The van der Waals surface area contributed by atoms with Crippen molar-refractivity contribution in [2.45, 2.75) is 50.8 Å². The highest BCUT2D eigenvalue weighted by Gasteiger charge is 2.39. The number of pyridine rings is 1. The van der Waals surface area contributed by atoms with Gasteiger partial charge in [-0.05, 0) is 42.2 Å². The fourth-order valence-corrected chi connectivity index (χ4v) is 3.22. The SMILES string of the molecule is CCC(NCC(O)Nc1ccncc1)C(C)c1ccc(C(F)(F)F)cc1C(F)(F)F. The van der Waals surface area contributed by atoms with Gasteiger partial charge in [0.15, 0.2) is 0 Å². The van der Waals surface area contributed by atoms with E-state index in [2.05, 4.69) is 15.6 Å². The fraction of sp³-hybridized carbons (Fsp3) is 0.450. The molecule has 3 atom stereocenters. The Kier molecular flexibility index (Phi) is 7.70. The van der Waals surface area contributed by atoms with Crippen LogP contribution in [0.2, 0.25) is 0 Å². The highest BCUT2D eigenvalue weighted by molar-refractivity contribution is 5.41. The van der Waals surface area contributed by atoms with Crippen molar-refractivity contribution in [1.29, 1.82) is 0 Å². The molecule has 0 aliphatic rings. The van der Waals surface area contributed by atoms with Gasteiger partial charge in [-0.15, -0.1) is 0 Å². The van der Waals surface area contributed by atoms with E-state index >= 15 is 0 Å². The molecule has 3 unspecified atom stereocenters. The molecule has 0 aliphatic heterocycles. The van der Waals surface area contributed by atoms with Gasteiger partial charge in [-0.25, -0.2) is 0 Å². The van der Waals surface area contributed by atoms with Crippen molar-refractivity contribution in [1.82, 2.24) is 10.3 Å². The van der Waals surface area contributed by atoms with Gasteiger partial charge in [-0.3, -0.25) is 4.98 Å². The minimum atomic E-state index is -4.93. The number of anilines is 1. The predicted octanol–water partition coefficient (Wildman–Crippen LogP) is 5.02. The summed E-state index contributed by atoms with van der Waals surface area (Å²) in [4.78, 5) is 3.85. The summed E-state index contributed by atoms with van der Waals surface area (Å²) in [7, 11) is 0. The number of benzene rings is 1. The first-order chi connectivity index (χ1) is 13.9. The summed E-state index contributed by atoms with van der Waals surface area (Å²) in [6, 6.07) is 4.47. The molecule has 1 heterocycles. The van der Waals surface area contributed by atoms with Crippen LogP contribution in [0.1, 0.15) is 42.9 Å². The monoisotopic (exact) mass is 435 g/mol. The standard InChI is InChI=1S/C20H23F6N3O/c1-3-17(28-11-18(30)29-14-6-8-27-9-7-14)12(2)15-5-4-13(19(21,22)23)10-16(15)20(24,25)26/h4-10,12,17-18,28,30H,3,11H2,1-2H3,(H,27,29). The Balaban J connectivity index is 2.17. The van der Waals surface area contributed by atoms with E-state index in [0.29, 0.717) is 18.2 Å². The Hall–Kier alpha value is -2.33. The molecule has 0 radical (unpaired) electrons. The summed E-state index contributed by atoms with van der Waals surface area (Å²) in [6.45, 7) is 3.28. The summed E-state index contributed by atoms with van der Waals surface area (Å²) < 4.78 is 79.0. The van der Waals surface area contributed by atoms with Gasteiger partial charge < -0.3 is 15.7 Å². The molecule has 30 heavy (non-hydrogen) atoms. The second kappa shape index (κ2) is 9.65. The summed E-state index contributed by atoms with van der Waals surface area (Å²) in [5.41, 5.74) is -2.27. The van der Waals surface area contributed by atoms with Crippen LogP contribution < -0.4 is 10.6 Å². The number of aliphatic hydroxyl groups is 1. The Morgan fingerprint density at radius 1 is 1.00 bits per heavy atom. The van der Waals surface area contributed by atoms with E-state index in [9.17, 15) is 31.4 Å². The number of halogens is 6. The molecule has 0 spiro atoms. The number of alkyl halides is 6. The Morgan fingerprint density at radius 2 is 1.63 bits per heavy atom. The molecule has 10 heteroatoms. The fourth-order valence-electron chi connectivity index (χ4n) is 3.22. The number of nitrogens with zero attached hydrogens (tertiary/aromatic N) is 1. The average molecular weight is 435 g/mol. The first-order valence-corrected chi connectivity index (χ1v) is 9.29. The van der Waals surface area contributed by atoms with Crippen molar-refractivity contribution in [2.24, 2.45) is 0 Å². The highest BCUT2D eigenvalue weighted by Crippen LogP contribution is 2.40.